The highest BCUT2D eigenvalue weighted by molar-refractivity contribution is 5.71. The minimum atomic E-state index is -0.854. The second kappa shape index (κ2) is 13.1. The van der Waals surface area contributed by atoms with Crippen molar-refractivity contribution in [1.29, 1.82) is 0 Å². The van der Waals surface area contributed by atoms with Crippen molar-refractivity contribution in [2.75, 3.05) is 6.61 Å². The first-order valence-electron chi connectivity index (χ1n) is 13.7. The van der Waals surface area contributed by atoms with Crippen LogP contribution in [0, 0.1) is 17.5 Å². The van der Waals surface area contributed by atoms with E-state index in [9.17, 15) is 8.78 Å². The van der Waals surface area contributed by atoms with Crippen LogP contribution < -0.4 is 0 Å². The predicted octanol–water partition coefficient (Wildman–Crippen LogP) is 9.79. The fraction of sp³-hybridized carbons (Fsp3) is 0.394. The maximum absolute atomic E-state index is 15.1. The Morgan fingerprint density at radius 3 is 2.19 bits per heavy atom. The van der Waals surface area contributed by atoms with Crippen LogP contribution in [-0.2, 0) is 11.2 Å². The first-order valence-corrected chi connectivity index (χ1v) is 13.7. The number of benzene rings is 3. The molecule has 0 N–H and O–H groups in total. The molecule has 1 nitrogen and oxygen atoms in total. The normalized spacial score (nSPS) is 18.0. The van der Waals surface area contributed by atoms with Gasteiger partial charge in [0.15, 0.2) is 11.6 Å². The third-order valence-electron chi connectivity index (χ3n) is 7.37. The Balaban J connectivity index is 1.44. The highest BCUT2D eigenvalue weighted by Gasteiger charge is 2.23. The molecule has 1 saturated heterocycles. The van der Waals surface area contributed by atoms with Gasteiger partial charge in [0.2, 0.25) is 0 Å². The lowest BCUT2D eigenvalue weighted by molar-refractivity contribution is -0.00211. The van der Waals surface area contributed by atoms with Crippen LogP contribution in [0.2, 0.25) is 0 Å². The molecule has 1 aliphatic heterocycles. The minimum absolute atomic E-state index is 0.202. The lowest BCUT2D eigenvalue weighted by Gasteiger charge is -2.29. The van der Waals surface area contributed by atoms with E-state index in [1.807, 2.05) is 31.2 Å². The molecule has 0 spiro atoms. The van der Waals surface area contributed by atoms with Crippen LogP contribution in [0.3, 0.4) is 0 Å². The molecule has 4 rings (SSSR count). The molecule has 1 aliphatic rings. The van der Waals surface area contributed by atoms with E-state index in [1.165, 1.54) is 19.3 Å². The van der Waals surface area contributed by atoms with Crippen molar-refractivity contribution in [3.05, 3.63) is 95.3 Å². The molecule has 0 bridgehead atoms. The van der Waals surface area contributed by atoms with Gasteiger partial charge in [-0.1, -0.05) is 93.8 Å². The van der Waals surface area contributed by atoms with E-state index in [4.69, 9.17) is 4.74 Å². The number of ether oxygens (including phenoxy) is 1. The predicted molar refractivity (Wildman–Crippen MR) is 146 cm³/mol. The number of allylic oxidation sites excluding steroid dienone is 2. The van der Waals surface area contributed by atoms with Gasteiger partial charge in [0.25, 0.3) is 0 Å². The molecule has 0 amide bonds. The molecule has 3 aromatic carbocycles. The molecule has 37 heavy (non-hydrogen) atoms. The topological polar surface area (TPSA) is 9.23 Å². The number of hydrogen-bond donors (Lipinski definition) is 0. The Bertz CT molecular complexity index is 1190. The summed E-state index contributed by atoms with van der Waals surface area (Å²) in [6.45, 7) is 4.84. The van der Waals surface area contributed by atoms with Gasteiger partial charge < -0.3 is 4.74 Å². The maximum Gasteiger partial charge on any atom is 0.166 e. The Morgan fingerprint density at radius 1 is 0.811 bits per heavy atom. The van der Waals surface area contributed by atoms with E-state index in [0.29, 0.717) is 41.4 Å². The number of hydrogen-bond acceptors (Lipinski definition) is 1. The first-order chi connectivity index (χ1) is 18.0. The van der Waals surface area contributed by atoms with E-state index < -0.39 is 11.6 Å². The Hall–Kier alpha value is -2.85. The van der Waals surface area contributed by atoms with Gasteiger partial charge in [0.1, 0.15) is 5.82 Å². The highest BCUT2D eigenvalue weighted by Crippen LogP contribution is 2.34. The van der Waals surface area contributed by atoms with Gasteiger partial charge in [0, 0.05) is 17.0 Å². The van der Waals surface area contributed by atoms with Crippen LogP contribution in [0.1, 0.15) is 75.8 Å². The molecule has 2 unspecified atom stereocenters. The SMILES string of the molecule is CC/C=C\Cc1ccc(-c2ccc(-c3ccc(C4CCC(CCCCC)OC4)cc3F)cc2)c(F)c1F. The molecule has 0 saturated carbocycles. The fourth-order valence-electron chi connectivity index (χ4n) is 5.11. The minimum Gasteiger partial charge on any atom is -0.378 e. The Morgan fingerprint density at radius 2 is 1.54 bits per heavy atom. The van der Waals surface area contributed by atoms with Crippen LogP contribution in [0.4, 0.5) is 13.2 Å². The van der Waals surface area contributed by atoms with Crippen LogP contribution in [0.5, 0.6) is 0 Å². The lowest BCUT2D eigenvalue weighted by Crippen LogP contribution is -2.24. The number of rotatable bonds is 10. The average molecular weight is 507 g/mol. The molecular formula is C33H37F3O. The third-order valence-corrected chi connectivity index (χ3v) is 7.37. The molecule has 3 aromatic rings. The number of halogens is 3. The fourth-order valence-corrected chi connectivity index (χ4v) is 5.11. The van der Waals surface area contributed by atoms with E-state index in [2.05, 4.69) is 6.92 Å². The summed E-state index contributed by atoms with van der Waals surface area (Å²) in [6, 6.07) is 15.6. The van der Waals surface area contributed by atoms with Crippen LogP contribution in [0.25, 0.3) is 22.3 Å². The molecule has 2 atom stereocenters. The second-order valence-electron chi connectivity index (χ2n) is 10.0. The zero-order valence-corrected chi connectivity index (χ0v) is 21.9. The van der Waals surface area contributed by atoms with Crippen molar-refractivity contribution in [2.24, 2.45) is 0 Å². The molecule has 1 fully saturated rings. The number of unbranched alkanes of at least 4 members (excludes halogenated alkanes) is 2. The largest absolute Gasteiger partial charge is 0.378 e. The van der Waals surface area contributed by atoms with E-state index >= 15 is 4.39 Å². The van der Waals surface area contributed by atoms with Crippen molar-refractivity contribution in [3.63, 3.8) is 0 Å². The zero-order valence-electron chi connectivity index (χ0n) is 21.9. The average Bonchev–Trinajstić information content (AvgIpc) is 2.92. The van der Waals surface area contributed by atoms with Gasteiger partial charge >= 0.3 is 0 Å². The smallest absolute Gasteiger partial charge is 0.166 e. The maximum atomic E-state index is 15.1. The summed E-state index contributed by atoms with van der Waals surface area (Å²) in [5.74, 6) is -1.74. The molecule has 4 heteroatoms. The lowest BCUT2D eigenvalue weighted by atomic mass is 9.89. The molecule has 1 heterocycles. The molecule has 0 aromatic heterocycles. The van der Waals surface area contributed by atoms with E-state index in [0.717, 1.165) is 31.2 Å². The summed E-state index contributed by atoms with van der Waals surface area (Å²) >= 11 is 0. The van der Waals surface area contributed by atoms with Gasteiger partial charge in [0.05, 0.1) is 12.7 Å². The van der Waals surface area contributed by atoms with Crippen LogP contribution in [0.15, 0.2) is 66.7 Å². The van der Waals surface area contributed by atoms with Crippen molar-refractivity contribution >= 4 is 0 Å². The van der Waals surface area contributed by atoms with E-state index in [-0.39, 0.29) is 17.3 Å². The van der Waals surface area contributed by atoms with Crippen molar-refractivity contribution in [2.45, 2.75) is 77.2 Å². The molecule has 0 radical (unpaired) electrons. The summed E-state index contributed by atoms with van der Waals surface area (Å²) in [5, 5.41) is 0. The van der Waals surface area contributed by atoms with Crippen molar-refractivity contribution in [1.82, 2.24) is 0 Å². The first kappa shape index (κ1) is 27.2. The Labute approximate surface area is 219 Å². The third kappa shape index (κ3) is 6.73. The highest BCUT2D eigenvalue weighted by atomic mass is 19.2. The van der Waals surface area contributed by atoms with Crippen molar-refractivity contribution < 1.29 is 17.9 Å². The van der Waals surface area contributed by atoms with Gasteiger partial charge in [-0.3, -0.25) is 0 Å². The van der Waals surface area contributed by atoms with Gasteiger partial charge in [-0.15, -0.1) is 0 Å². The van der Waals surface area contributed by atoms with Gasteiger partial charge in [-0.2, -0.15) is 0 Å². The monoisotopic (exact) mass is 506 g/mol. The standard InChI is InChI=1S/C33H37F3O/c1-3-5-7-9-25-16-20-30(33(36)32(25)35)24-13-11-23(12-14-24)29-19-17-26(21-31(29)34)27-15-18-28(37-22-27)10-8-6-4-2/h5,7,11-14,16-17,19-21,27-28H,3-4,6,8-10,15,18,22H2,1-2H3/b7-5-. The second-order valence-corrected chi connectivity index (χ2v) is 10.0. The quantitative estimate of drug-likeness (QED) is 0.196. The van der Waals surface area contributed by atoms with Crippen LogP contribution >= 0.6 is 0 Å². The Kier molecular flexibility index (Phi) is 9.62. The summed E-state index contributed by atoms with van der Waals surface area (Å²) in [5.41, 5.74) is 3.26. The van der Waals surface area contributed by atoms with Crippen molar-refractivity contribution in [3.8, 4) is 22.3 Å². The summed E-state index contributed by atoms with van der Waals surface area (Å²) in [7, 11) is 0. The molecular weight excluding hydrogens is 469 g/mol. The van der Waals surface area contributed by atoms with Gasteiger partial charge in [-0.25, -0.2) is 13.2 Å². The molecule has 0 aliphatic carbocycles. The van der Waals surface area contributed by atoms with Crippen LogP contribution in [-0.4, -0.2) is 12.7 Å². The van der Waals surface area contributed by atoms with Gasteiger partial charge in [-0.05, 0) is 60.4 Å². The summed E-state index contributed by atoms with van der Waals surface area (Å²) < 4.78 is 50.6. The molecule has 196 valence electrons. The zero-order chi connectivity index (χ0) is 26.2. The summed E-state index contributed by atoms with van der Waals surface area (Å²) in [6.07, 6.45) is 12.1. The summed E-state index contributed by atoms with van der Waals surface area (Å²) in [4.78, 5) is 0. The van der Waals surface area contributed by atoms with E-state index in [1.54, 1.807) is 42.5 Å².